The third-order valence-electron chi connectivity index (χ3n) is 4.45. The fourth-order valence-corrected chi connectivity index (χ4v) is 3.05. The summed E-state index contributed by atoms with van der Waals surface area (Å²) in [5.41, 5.74) is 2.42. The number of carbonyl (C=O) groups excluding carboxylic acids is 2. The molecule has 0 saturated heterocycles. The number of rotatable bonds is 8. The van der Waals surface area contributed by atoms with Gasteiger partial charge in [0.2, 0.25) is 0 Å². The van der Waals surface area contributed by atoms with Gasteiger partial charge in [0, 0.05) is 22.3 Å². The van der Waals surface area contributed by atoms with E-state index in [1.54, 1.807) is 43.3 Å². The first kappa shape index (κ1) is 21.6. The van der Waals surface area contributed by atoms with E-state index < -0.39 is 6.10 Å². The summed E-state index contributed by atoms with van der Waals surface area (Å²) >= 11 is 3.36. The number of amides is 2. The molecule has 2 amide bonds. The van der Waals surface area contributed by atoms with Gasteiger partial charge >= 0.3 is 0 Å². The molecule has 154 valence electrons. The molecule has 3 aromatic rings. The van der Waals surface area contributed by atoms with Gasteiger partial charge in [0.1, 0.15) is 5.75 Å². The summed E-state index contributed by atoms with van der Waals surface area (Å²) in [6.45, 7) is 2.24. The van der Waals surface area contributed by atoms with Gasteiger partial charge in [-0.1, -0.05) is 46.3 Å². The second kappa shape index (κ2) is 10.6. The average Bonchev–Trinajstić information content (AvgIpc) is 2.76. The Balaban J connectivity index is 1.47. The molecule has 0 radical (unpaired) electrons. The number of benzene rings is 3. The molecule has 0 heterocycles. The normalized spacial score (nSPS) is 11.4. The standard InChI is InChI=1S/C24H23BrN2O3/c1-17(23(28)27-21-11-9-20(25)10-12-21)30-22-13-7-19(8-14-22)24(29)26-16-15-18-5-3-2-4-6-18/h2-14,17H,15-16H2,1H3,(H,26,29)(H,27,28)/t17-/m0/s1. The minimum atomic E-state index is -0.681. The van der Waals surface area contributed by atoms with Crippen LogP contribution in [0.5, 0.6) is 5.75 Å². The molecular formula is C24H23BrN2O3. The lowest BCUT2D eigenvalue weighted by molar-refractivity contribution is -0.122. The molecular weight excluding hydrogens is 444 g/mol. The first-order valence-corrected chi connectivity index (χ1v) is 10.5. The Kier molecular flexibility index (Phi) is 7.63. The molecule has 0 aliphatic carbocycles. The highest BCUT2D eigenvalue weighted by Gasteiger charge is 2.15. The molecule has 3 rings (SSSR count). The Morgan fingerprint density at radius 3 is 2.27 bits per heavy atom. The zero-order valence-corrected chi connectivity index (χ0v) is 18.2. The van der Waals surface area contributed by atoms with Gasteiger partial charge in [-0.05, 0) is 67.4 Å². The summed E-state index contributed by atoms with van der Waals surface area (Å²) in [6.07, 6.45) is 0.0953. The van der Waals surface area contributed by atoms with Crippen molar-refractivity contribution in [2.75, 3.05) is 11.9 Å². The van der Waals surface area contributed by atoms with Gasteiger partial charge in [0.15, 0.2) is 6.10 Å². The molecule has 0 aliphatic rings. The Morgan fingerprint density at radius 2 is 1.60 bits per heavy atom. The summed E-state index contributed by atoms with van der Waals surface area (Å²) in [5, 5.41) is 5.72. The summed E-state index contributed by atoms with van der Waals surface area (Å²) in [6, 6.07) is 24.1. The molecule has 3 aromatic carbocycles. The maximum Gasteiger partial charge on any atom is 0.265 e. The van der Waals surface area contributed by atoms with Gasteiger partial charge in [-0.25, -0.2) is 0 Å². The van der Waals surface area contributed by atoms with Gasteiger partial charge in [0.25, 0.3) is 11.8 Å². The van der Waals surface area contributed by atoms with Crippen molar-refractivity contribution in [3.63, 3.8) is 0 Å². The van der Waals surface area contributed by atoms with Gasteiger partial charge in [0.05, 0.1) is 0 Å². The van der Waals surface area contributed by atoms with E-state index in [9.17, 15) is 9.59 Å². The lowest BCUT2D eigenvalue weighted by Crippen LogP contribution is -2.30. The van der Waals surface area contributed by atoms with Crippen LogP contribution in [0.4, 0.5) is 5.69 Å². The second-order valence-electron chi connectivity index (χ2n) is 6.77. The molecule has 0 spiro atoms. The number of hydrogen-bond donors (Lipinski definition) is 2. The Morgan fingerprint density at radius 1 is 0.933 bits per heavy atom. The number of hydrogen-bond acceptors (Lipinski definition) is 3. The average molecular weight is 467 g/mol. The van der Waals surface area contributed by atoms with E-state index in [0.717, 1.165) is 10.9 Å². The van der Waals surface area contributed by atoms with Crippen LogP contribution in [0, 0.1) is 0 Å². The van der Waals surface area contributed by atoms with E-state index in [0.29, 0.717) is 23.5 Å². The van der Waals surface area contributed by atoms with Crippen LogP contribution in [-0.4, -0.2) is 24.5 Å². The van der Waals surface area contributed by atoms with Crippen molar-refractivity contribution in [2.24, 2.45) is 0 Å². The molecule has 6 heteroatoms. The quantitative estimate of drug-likeness (QED) is 0.499. The predicted molar refractivity (Wildman–Crippen MR) is 122 cm³/mol. The highest BCUT2D eigenvalue weighted by atomic mass is 79.9. The number of anilines is 1. The van der Waals surface area contributed by atoms with Gasteiger partial charge < -0.3 is 15.4 Å². The zero-order valence-electron chi connectivity index (χ0n) is 16.6. The third-order valence-corrected chi connectivity index (χ3v) is 4.98. The SMILES string of the molecule is C[C@H](Oc1ccc(C(=O)NCCc2ccccc2)cc1)C(=O)Nc1ccc(Br)cc1. The molecule has 0 fully saturated rings. The molecule has 0 unspecified atom stereocenters. The van der Waals surface area contributed by atoms with Crippen LogP contribution in [0.25, 0.3) is 0 Å². The van der Waals surface area contributed by atoms with Crippen LogP contribution in [0.2, 0.25) is 0 Å². The number of ether oxygens (including phenoxy) is 1. The van der Waals surface area contributed by atoms with Crippen LogP contribution >= 0.6 is 15.9 Å². The Hall–Kier alpha value is -3.12. The molecule has 2 N–H and O–H groups in total. The highest BCUT2D eigenvalue weighted by Crippen LogP contribution is 2.17. The largest absolute Gasteiger partial charge is 0.481 e. The zero-order chi connectivity index (χ0) is 21.3. The Bertz CT molecular complexity index is 974. The minimum absolute atomic E-state index is 0.140. The Labute approximate surface area is 184 Å². The fraction of sp³-hybridized carbons (Fsp3) is 0.167. The lowest BCUT2D eigenvalue weighted by Gasteiger charge is -2.15. The number of carbonyl (C=O) groups is 2. The van der Waals surface area contributed by atoms with E-state index >= 15 is 0 Å². The lowest BCUT2D eigenvalue weighted by atomic mass is 10.1. The number of halogens is 1. The smallest absolute Gasteiger partial charge is 0.265 e. The molecule has 0 aliphatic heterocycles. The van der Waals surface area contributed by atoms with Crippen molar-refractivity contribution in [1.29, 1.82) is 0 Å². The third kappa shape index (κ3) is 6.46. The van der Waals surface area contributed by atoms with Crippen LogP contribution in [-0.2, 0) is 11.2 Å². The van der Waals surface area contributed by atoms with Crippen molar-refractivity contribution in [3.05, 3.63) is 94.5 Å². The molecule has 0 aromatic heterocycles. The highest BCUT2D eigenvalue weighted by molar-refractivity contribution is 9.10. The minimum Gasteiger partial charge on any atom is -0.481 e. The van der Waals surface area contributed by atoms with Crippen molar-refractivity contribution in [2.45, 2.75) is 19.4 Å². The van der Waals surface area contributed by atoms with Gasteiger partial charge in [-0.3, -0.25) is 9.59 Å². The summed E-state index contributed by atoms with van der Waals surface area (Å²) in [4.78, 5) is 24.6. The monoisotopic (exact) mass is 466 g/mol. The maximum absolute atomic E-state index is 12.3. The first-order valence-electron chi connectivity index (χ1n) is 9.66. The molecule has 0 bridgehead atoms. The maximum atomic E-state index is 12.3. The molecule has 30 heavy (non-hydrogen) atoms. The van der Waals surface area contributed by atoms with Crippen molar-refractivity contribution < 1.29 is 14.3 Å². The van der Waals surface area contributed by atoms with Crippen LogP contribution < -0.4 is 15.4 Å². The topological polar surface area (TPSA) is 67.4 Å². The first-order chi connectivity index (χ1) is 14.5. The summed E-state index contributed by atoms with van der Waals surface area (Å²) in [5.74, 6) is 0.132. The second-order valence-corrected chi connectivity index (χ2v) is 7.69. The van der Waals surface area contributed by atoms with E-state index in [2.05, 4.69) is 26.6 Å². The van der Waals surface area contributed by atoms with E-state index in [1.165, 1.54) is 5.56 Å². The number of nitrogens with one attached hydrogen (secondary N) is 2. The molecule has 5 nitrogen and oxygen atoms in total. The van der Waals surface area contributed by atoms with Crippen LogP contribution in [0.3, 0.4) is 0 Å². The van der Waals surface area contributed by atoms with E-state index in [-0.39, 0.29) is 11.8 Å². The summed E-state index contributed by atoms with van der Waals surface area (Å²) < 4.78 is 6.63. The molecule has 1 atom stereocenters. The molecule has 0 saturated carbocycles. The van der Waals surface area contributed by atoms with E-state index in [4.69, 9.17) is 4.74 Å². The van der Waals surface area contributed by atoms with Gasteiger partial charge in [-0.2, -0.15) is 0 Å². The predicted octanol–water partition coefficient (Wildman–Crippen LogP) is 4.83. The van der Waals surface area contributed by atoms with Crippen molar-refractivity contribution >= 4 is 33.4 Å². The van der Waals surface area contributed by atoms with Crippen molar-refractivity contribution in [1.82, 2.24) is 5.32 Å². The van der Waals surface area contributed by atoms with Crippen molar-refractivity contribution in [3.8, 4) is 5.75 Å². The van der Waals surface area contributed by atoms with Crippen LogP contribution in [0.15, 0.2) is 83.3 Å². The fourth-order valence-electron chi connectivity index (χ4n) is 2.79. The summed E-state index contributed by atoms with van der Waals surface area (Å²) in [7, 11) is 0. The van der Waals surface area contributed by atoms with Crippen LogP contribution in [0.1, 0.15) is 22.8 Å². The van der Waals surface area contributed by atoms with E-state index in [1.807, 2.05) is 42.5 Å². The van der Waals surface area contributed by atoms with Gasteiger partial charge in [-0.15, -0.1) is 0 Å².